The fourth-order valence-electron chi connectivity index (χ4n) is 4.33. The lowest BCUT2D eigenvalue weighted by atomic mass is 9.97. The van der Waals surface area contributed by atoms with Crippen molar-refractivity contribution in [3.63, 3.8) is 0 Å². The van der Waals surface area contributed by atoms with Crippen LogP contribution in [0.1, 0.15) is 15.9 Å². The number of aromatic nitrogens is 1. The van der Waals surface area contributed by atoms with E-state index in [0.717, 1.165) is 49.1 Å². The summed E-state index contributed by atoms with van der Waals surface area (Å²) in [7, 11) is 0. The number of hydrogen-bond acceptors (Lipinski definition) is 4. The van der Waals surface area contributed by atoms with Gasteiger partial charge in [-0.25, -0.2) is 0 Å². The van der Waals surface area contributed by atoms with Gasteiger partial charge in [-0.2, -0.15) is 0 Å². The molecule has 1 aromatic heterocycles. The molecule has 0 atom stereocenters. The van der Waals surface area contributed by atoms with Crippen molar-refractivity contribution < 1.29 is 9.53 Å². The Morgan fingerprint density at radius 3 is 2.35 bits per heavy atom. The van der Waals surface area contributed by atoms with Crippen LogP contribution in [0.15, 0.2) is 77.7 Å². The maximum Gasteiger partial charge on any atom is 0.200 e. The van der Waals surface area contributed by atoms with E-state index in [9.17, 15) is 9.59 Å². The molecule has 0 unspecified atom stereocenters. The molecule has 1 saturated heterocycles. The molecule has 156 valence electrons. The van der Waals surface area contributed by atoms with E-state index in [1.807, 2.05) is 65.2 Å². The SMILES string of the molecule is O=C(c1cn(CCN2CCOCC2)c2ccccc2c1=O)c1cccc2ccccc12. The second kappa shape index (κ2) is 8.46. The molecule has 0 bridgehead atoms. The molecule has 2 heterocycles. The van der Waals surface area contributed by atoms with E-state index >= 15 is 0 Å². The molecule has 0 saturated carbocycles. The standard InChI is InChI=1S/C26H24N2O3/c29-25(21-10-5-7-19-6-1-2-8-20(19)21)23-18-28(13-12-27-14-16-31-17-15-27)24-11-4-3-9-22(24)26(23)30/h1-11,18H,12-17H2. The first-order valence-corrected chi connectivity index (χ1v) is 10.7. The smallest absolute Gasteiger partial charge is 0.200 e. The summed E-state index contributed by atoms with van der Waals surface area (Å²) in [5, 5.41) is 2.43. The van der Waals surface area contributed by atoms with Gasteiger partial charge in [0, 0.05) is 43.3 Å². The number of rotatable bonds is 5. The van der Waals surface area contributed by atoms with Gasteiger partial charge in [0.2, 0.25) is 5.43 Å². The third-order valence-electron chi connectivity index (χ3n) is 6.03. The van der Waals surface area contributed by atoms with Crippen molar-refractivity contribution in [3.05, 3.63) is 94.3 Å². The van der Waals surface area contributed by atoms with E-state index in [4.69, 9.17) is 4.74 Å². The topological polar surface area (TPSA) is 51.5 Å². The first-order chi connectivity index (χ1) is 15.2. The van der Waals surface area contributed by atoms with E-state index in [-0.39, 0.29) is 16.8 Å². The summed E-state index contributed by atoms with van der Waals surface area (Å²) in [5.41, 5.74) is 1.42. The number of carbonyl (C=O) groups excluding carboxylic acids is 1. The molecule has 1 aliphatic rings. The van der Waals surface area contributed by atoms with Crippen LogP contribution in [-0.4, -0.2) is 48.1 Å². The Hall–Kier alpha value is -3.28. The Kier molecular flexibility index (Phi) is 5.37. The van der Waals surface area contributed by atoms with Gasteiger partial charge < -0.3 is 9.30 Å². The van der Waals surface area contributed by atoms with Crippen LogP contribution in [-0.2, 0) is 11.3 Å². The third-order valence-corrected chi connectivity index (χ3v) is 6.03. The maximum atomic E-state index is 13.5. The number of ether oxygens (including phenoxy) is 1. The van der Waals surface area contributed by atoms with Crippen LogP contribution in [0.3, 0.4) is 0 Å². The van der Waals surface area contributed by atoms with Gasteiger partial charge in [0.1, 0.15) is 0 Å². The fourth-order valence-corrected chi connectivity index (χ4v) is 4.33. The zero-order chi connectivity index (χ0) is 21.2. The van der Waals surface area contributed by atoms with Crippen LogP contribution in [0.4, 0.5) is 0 Å². The Morgan fingerprint density at radius 2 is 1.52 bits per heavy atom. The molecule has 5 heteroatoms. The summed E-state index contributed by atoms with van der Waals surface area (Å²) in [6.45, 7) is 4.85. The molecule has 0 radical (unpaired) electrons. The highest BCUT2D eigenvalue weighted by atomic mass is 16.5. The minimum Gasteiger partial charge on any atom is -0.379 e. The van der Waals surface area contributed by atoms with E-state index < -0.39 is 0 Å². The van der Waals surface area contributed by atoms with Crippen molar-refractivity contribution in [2.45, 2.75) is 6.54 Å². The van der Waals surface area contributed by atoms with Crippen LogP contribution in [0.5, 0.6) is 0 Å². The quantitative estimate of drug-likeness (QED) is 0.469. The zero-order valence-electron chi connectivity index (χ0n) is 17.3. The summed E-state index contributed by atoms with van der Waals surface area (Å²) in [6, 6.07) is 21.0. The van der Waals surface area contributed by atoms with Crippen molar-refractivity contribution in [1.82, 2.24) is 9.47 Å². The number of fused-ring (bicyclic) bond motifs is 2. The number of nitrogens with zero attached hydrogens (tertiary/aromatic N) is 2. The van der Waals surface area contributed by atoms with Crippen molar-refractivity contribution in [3.8, 4) is 0 Å². The van der Waals surface area contributed by atoms with Gasteiger partial charge >= 0.3 is 0 Å². The molecular weight excluding hydrogens is 388 g/mol. The Balaban J connectivity index is 1.59. The molecule has 0 spiro atoms. The van der Waals surface area contributed by atoms with Gasteiger partial charge in [-0.1, -0.05) is 54.6 Å². The lowest BCUT2D eigenvalue weighted by molar-refractivity contribution is 0.0365. The molecule has 0 N–H and O–H groups in total. The van der Waals surface area contributed by atoms with Crippen molar-refractivity contribution in [2.75, 3.05) is 32.8 Å². The fraction of sp³-hybridized carbons (Fsp3) is 0.231. The number of carbonyl (C=O) groups is 1. The molecular formula is C26H24N2O3. The monoisotopic (exact) mass is 412 g/mol. The Labute approximate surface area is 180 Å². The van der Waals surface area contributed by atoms with Crippen LogP contribution >= 0.6 is 0 Å². The summed E-state index contributed by atoms with van der Waals surface area (Å²) in [6.07, 6.45) is 1.75. The van der Waals surface area contributed by atoms with Gasteiger partial charge in [-0.3, -0.25) is 14.5 Å². The molecule has 0 amide bonds. The van der Waals surface area contributed by atoms with E-state index in [1.165, 1.54) is 0 Å². The molecule has 3 aromatic carbocycles. The molecule has 1 fully saturated rings. The number of morpholine rings is 1. The molecule has 5 nitrogen and oxygen atoms in total. The molecule has 0 aliphatic carbocycles. The second-order valence-electron chi connectivity index (χ2n) is 7.89. The summed E-state index contributed by atoms with van der Waals surface area (Å²) in [4.78, 5) is 29.2. The summed E-state index contributed by atoms with van der Waals surface area (Å²) in [5.74, 6) is -0.229. The van der Waals surface area contributed by atoms with Gasteiger partial charge in [0.05, 0.1) is 24.3 Å². The maximum absolute atomic E-state index is 13.5. The number of pyridine rings is 1. The Bertz CT molecular complexity index is 1310. The summed E-state index contributed by atoms with van der Waals surface area (Å²) >= 11 is 0. The van der Waals surface area contributed by atoms with E-state index in [2.05, 4.69) is 4.90 Å². The summed E-state index contributed by atoms with van der Waals surface area (Å²) < 4.78 is 7.48. The minimum absolute atomic E-state index is 0.212. The average molecular weight is 412 g/mol. The predicted molar refractivity (Wildman–Crippen MR) is 123 cm³/mol. The third kappa shape index (κ3) is 3.78. The lowest BCUT2D eigenvalue weighted by Crippen LogP contribution is -2.38. The van der Waals surface area contributed by atoms with Crippen LogP contribution in [0, 0.1) is 0 Å². The second-order valence-corrected chi connectivity index (χ2v) is 7.89. The van der Waals surface area contributed by atoms with Gasteiger partial charge in [0.25, 0.3) is 0 Å². The average Bonchev–Trinajstić information content (AvgIpc) is 2.83. The van der Waals surface area contributed by atoms with Crippen LogP contribution < -0.4 is 5.43 Å². The molecule has 31 heavy (non-hydrogen) atoms. The molecule has 5 rings (SSSR count). The zero-order valence-corrected chi connectivity index (χ0v) is 17.3. The minimum atomic E-state index is -0.229. The predicted octanol–water partition coefficient (Wildman–Crippen LogP) is 3.72. The highest BCUT2D eigenvalue weighted by Gasteiger charge is 2.19. The highest BCUT2D eigenvalue weighted by molar-refractivity contribution is 6.17. The van der Waals surface area contributed by atoms with Crippen LogP contribution in [0.25, 0.3) is 21.7 Å². The van der Waals surface area contributed by atoms with Crippen molar-refractivity contribution >= 4 is 27.5 Å². The van der Waals surface area contributed by atoms with Gasteiger partial charge in [0.15, 0.2) is 5.78 Å². The Morgan fingerprint density at radius 1 is 0.806 bits per heavy atom. The van der Waals surface area contributed by atoms with E-state index in [1.54, 1.807) is 12.3 Å². The van der Waals surface area contributed by atoms with Crippen molar-refractivity contribution in [2.24, 2.45) is 0 Å². The first kappa shape index (κ1) is 19.7. The molecule has 4 aromatic rings. The normalized spacial score (nSPS) is 14.8. The van der Waals surface area contributed by atoms with Gasteiger partial charge in [-0.05, 0) is 22.9 Å². The largest absolute Gasteiger partial charge is 0.379 e. The first-order valence-electron chi connectivity index (χ1n) is 10.7. The molecule has 1 aliphatic heterocycles. The van der Waals surface area contributed by atoms with E-state index in [0.29, 0.717) is 17.5 Å². The van der Waals surface area contributed by atoms with Crippen LogP contribution in [0.2, 0.25) is 0 Å². The van der Waals surface area contributed by atoms with Crippen molar-refractivity contribution in [1.29, 1.82) is 0 Å². The number of hydrogen-bond donors (Lipinski definition) is 0. The number of para-hydroxylation sites is 1. The van der Waals surface area contributed by atoms with Gasteiger partial charge in [-0.15, -0.1) is 0 Å². The number of benzene rings is 3. The highest BCUT2D eigenvalue weighted by Crippen LogP contribution is 2.22. The lowest BCUT2D eigenvalue weighted by Gasteiger charge is -2.27. The number of ketones is 1.